The number of sulfone groups is 1. The van der Waals surface area contributed by atoms with Crippen molar-refractivity contribution in [3.8, 4) is 0 Å². The van der Waals surface area contributed by atoms with Crippen molar-refractivity contribution in [1.29, 1.82) is 0 Å². The number of ether oxygens (including phenoxy) is 1. The van der Waals surface area contributed by atoms with E-state index in [9.17, 15) is 27.6 Å². The van der Waals surface area contributed by atoms with Gasteiger partial charge in [0.05, 0.1) is 11.5 Å². The molecule has 1 N–H and O–H groups in total. The number of rotatable bonds is 5. The number of likely N-dealkylation sites (N-methyl/N-ethyl adjacent to an activating group) is 1. The largest absolute Gasteiger partial charge is 0.454 e. The van der Waals surface area contributed by atoms with Crippen LogP contribution < -0.4 is 5.32 Å². The van der Waals surface area contributed by atoms with Crippen LogP contribution in [0.1, 0.15) is 46.5 Å². The van der Waals surface area contributed by atoms with Crippen molar-refractivity contribution < 1.29 is 32.3 Å². The number of imide groups is 1. The van der Waals surface area contributed by atoms with E-state index in [1.165, 1.54) is 11.9 Å². The van der Waals surface area contributed by atoms with Gasteiger partial charge in [-0.2, -0.15) is 0 Å². The van der Waals surface area contributed by atoms with Crippen LogP contribution in [0, 0.1) is 11.3 Å². The summed E-state index contributed by atoms with van der Waals surface area (Å²) >= 11 is 0. The summed E-state index contributed by atoms with van der Waals surface area (Å²) in [5.74, 6) is -1.68. The fraction of sp³-hybridized carbons (Fsp3) is 0.800. The molecule has 0 aromatic rings. The third-order valence-corrected chi connectivity index (χ3v) is 8.17. The van der Waals surface area contributed by atoms with Crippen molar-refractivity contribution in [2.45, 2.75) is 58.0 Å². The monoisotopic (exact) mass is 457 g/mol. The van der Waals surface area contributed by atoms with Gasteiger partial charge in [0.25, 0.3) is 11.8 Å². The molecule has 3 fully saturated rings. The van der Waals surface area contributed by atoms with Crippen LogP contribution in [0.25, 0.3) is 0 Å². The Labute approximate surface area is 182 Å². The van der Waals surface area contributed by atoms with Gasteiger partial charge in [-0.25, -0.2) is 13.2 Å². The Morgan fingerprint density at radius 2 is 1.94 bits per heavy atom. The number of nitrogens with zero attached hydrogens (tertiary/aromatic N) is 2. The van der Waals surface area contributed by atoms with Gasteiger partial charge < -0.3 is 15.0 Å². The number of carbonyl (C=O) groups excluding carboxylic acids is 4. The van der Waals surface area contributed by atoms with Gasteiger partial charge in [0.1, 0.15) is 12.1 Å². The molecular weight excluding hydrogens is 426 g/mol. The third-order valence-electron chi connectivity index (χ3n) is 6.42. The fourth-order valence-electron chi connectivity index (χ4n) is 5.35. The lowest BCUT2D eigenvalue weighted by Crippen LogP contribution is -2.54. The Balaban J connectivity index is 1.55. The van der Waals surface area contributed by atoms with E-state index >= 15 is 0 Å². The number of nitrogens with one attached hydrogen (secondary N) is 1. The molecule has 3 aliphatic rings. The van der Waals surface area contributed by atoms with Crippen molar-refractivity contribution in [2.75, 3.05) is 31.7 Å². The van der Waals surface area contributed by atoms with Crippen LogP contribution in [-0.2, 0) is 29.0 Å². The smallest absolute Gasteiger partial charge is 0.326 e. The molecule has 0 radical (unpaired) electrons. The molecule has 3 atom stereocenters. The minimum absolute atomic E-state index is 0.0262. The summed E-state index contributed by atoms with van der Waals surface area (Å²) in [7, 11) is -1.68. The van der Waals surface area contributed by atoms with E-state index in [0.717, 1.165) is 11.3 Å². The molecule has 10 nitrogen and oxygen atoms in total. The van der Waals surface area contributed by atoms with Crippen molar-refractivity contribution in [1.82, 2.24) is 15.1 Å². The third kappa shape index (κ3) is 5.02. The molecule has 0 aromatic heterocycles. The maximum absolute atomic E-state index is 13.0. The summed E-state index contributed by atoms with van der Waals surface area (Å²) in [5, 5.41) is 2.79. The van der Waals surface area contributed by atoms with Gasteiger partial charge >= 0.3 is 12.0 Å². The minimum atomic E-state index is -3.15. The summed E-state index contributed by atoms with van der Waals surface area (Å²) in [6, 6.07) is -1.08. The second-order valence-electron chi connectivity index (χ2n) is 9.98. The maximum Gasteiger partial charge on any atom is 0.326 e. The van der Waals surface area contributed by atoms with Gasteiger partial charge in [-0.3, -0.25) is 19.3 Å². The van der Waals surface area contributed by atoms with E-state index in [4.69, 9.17) is 4.74 Å². The number of amides is 4. The lowest BCUT2D eigenvalue weighted by atomic mass is 9.64. The molecule has 4 amide bonds. The first-order valence-electron chi connectivity index (χ1n) is 10.5. The highest BCUT2D eigenvalue weighted by molar-refractivity contribution is 7.91. The molecule has 31 heavy (non-hydrogen) atoms. The fourth-order valence-corrected chi connectivity index (χ4v) is 7.13. The molecule has 1 spiro atoms. The van der Waals surface area contributed by atoms with E-state index < -0.39 is 58.4 Å². The molecule has 0 aromatic carbocycles. The van der Waals surface area contributed by atoms with Crippen molar-refractivity contribution in [2.24, 2.45) is 11.3 Å². The molecule has 2 saturated heterocycles. The van der Waals surface area contributed by atoms with Gasteiger partial charge in [0.2, 0.25) is 0 Å². The van der Waals surface area contributed by atoms with Gasteiger partial charge in [-0.1, -0.05) is 20.8 Å². The maximum atomic E-state index is 13.0. The topological polar surface area (TPSA) is 130 Å². The summed E-state index contributed by atoms with van der Waals surface area (Å²) in [6.07, 6.45) is 2.30. The van der Waals surface area contributed by atoms with Crippen LogP contribution in [0.3, 0.4) is 0 Å². The number of hydrogen-bond donors (Lipinski definition) is 1. The molecule has 11 heteroatoms. The van der Waals surface area contributed by atoms with Crippen LogP contribution in [0.4, 0.5) is 4.79 Å². The first kappa shape index (κ1) is 23.5. The summed E-state index contributed by atoms with van der Waals surface area (Å²) in [4.78, 5) is 52.1. The highest BCUT2D eigenvalue weighted by Crippen LogP contribution is 2.46. The zero-order chi connectivity index (χ0) is 23.2. The van der Waals surface area contributed by atoms with E-state index in [-0.39, 0.29) is 22.8 Å². The lowest BCUT2D eigenvalue weighted by Gasteiger charge is -2.43. The number of urea groups is 1. The Hall–Kier alpha value is -2.17. The highest BCUT2D eigenvalue weighted by atomic mass is 32.2. The Kier molecular flexibility index (Phi) is 6.11. The van der Waals surface area contributed by atoms with Gasteiger partial charge in [0, 0.05) is 13.1 Å². The van der Waals surface area contributed by atoms with Crippen molar-refractivity contribution in [3.63, 3.8) is 0 Å². The van der Waals surface area contributed by atoms with Crippen molar-refractivity contribution in [3.05, 3.63) is 0 Å². The number of hydrogen-bond acceptors (Lipinski definition) is 7. The average molecular weight is 458 g/mol. The Morgan fingerprint density at radius 1 is 1.26 bits per heavy atom. The summed E-state index contributed by atoms with van der Waals surface area (Å²) in [5.41, 5.74) is -1.13. The van der Waals surface area contributed by atoms with E-state index in [0.29, 0.717) is 19.3 Å². The Morgan fingerprint density at radius 3 is 2.52 bits per heavy atom. The lowest BCUT2D eigenvalue weighted by molar-refractivity contribution is -0.154. The molecule has 174 valence electrons. The first-order chi connectivity index (χ1) is 14.2. The second kappa shape index (κ2) is 8.07. The molecule has 2 aliphatic heterocycles. The number of carbonyl (C=O) groups is 4. The van der Waals surface area contributed by atoms with Crippen LogP contribution in [-0.4, -0.2) is 85.3 Å². The summed E-state index contributed by atoms with van der Waals surface area (Å²) < 4.78 is 28.1. The highest BCUT2D eigenvalue weighted by Gasteiger charge is 2.56. The van der Waals surface area contributed by atoms with E-state index in [1.54, 1.807) is 0 Å². The normalized spacial score (nSPS) is 31.5. The molecular formula is C20H31N3O7S. The standard InChI is InChI=1S/C20H31N3O7S/c1-13-7-19(2,3)12-20(8-13)17(26)23(18(27)21-20)9-16(25)30-10-15(24)22(4)14-5-6-31(28,29)11-14/h13-14H,5-12H2,1-4H3,(H,21,27)/t13-,14-,20+/m1/s1. The van der Waals surface area contributed by atoms with E-state index in [2.05, 4.69) is 19.2 Å². The minimum Gasteiger partial charge on any atom is -0.454 e. The SMILES string of the molecule is C[C@@H]1CC(C)(C)C[C@]2(C1)NC(=O)N(CC(=O)OCC(=O)N(C)[C@@H]1CCS(=O)(=O)C1)C2=O. The first-order valence-corrected chi connectivity index (χ1v) is 12.3. The molecule has 3 rings (SSSR count). The quantitative estimate of drug-likeness (QED) is 0.464. The molecule has 1 saturated carbocycles. The van der Waals surface area contributed by atoms with Crippen LogP contribution in [0.15, 0.2) is 0 Å². The zero-order valence-electron chi connectivity index (χ0n) is 18.5. The molecule has 0 unspecified atom stereocenters. The van der Waals surface area contributed by atoms with Gasteiger partial charge in [-0.15, -0.1) is 0 Å². The zero-order valence-corrected chi connectivity index (χ0v) is 19.3. The van der Waals surface area contributed by atoms with Crippen LogP contribution >= 0.6 is 0 Å². The molecule has 1 aliphatic carbocycles. The molecule has 2 heterocycles. The van der Waals surface area contributed by atoms with Crippen LogP contribution in [0.2, 0.25) is 0 Å². The average Bonchev–Trinajstić information content (AvgIpc) is 3.09. The van der Waals surface area contributed by atoms with E-state index in [1.807, 2.05) is 6.92 Å². The van der Waals surface area contributed by atoms with Gasteiger partial charge in [0.15, 0.2) is 16.4 Å². The van der Waals surface area contributed by atoms with Crippen molar-refractivity contribution >= 4 is 33.7 Å². The van der Waals surface area contributed by atoms with Gasteiger partial charge in [-0.05, 0) is 37.0 Å². The summed E-state index contributed by atoms with van der Waals surface area (Å²) in [6.45, 7) is 4.99. The predicted molar refractivity (Wildman–Crippen MR) is 111 cm³/mol. The Bertz CT molecular complexity index is 900. The van der Waals surface area contributed by atoms with Crippen LogP contribution in [0.5, 0.6) is 0 Å². The second-order valence-corrected chi connectivity index (χ2v) is 12.2. The number of esters is 1. The predicted octanol–water partition coefficient (Wildman–Crippen LogP) is 0.312. The molecule has 0 bridgehead atoms.